The predicted octanol–water partition coefficient (Wildman–Crippen LogP) is 6.50. The Hall–Kier alpha value is -5.76. The second kappa shape index (κ2) is 19.1. The van der Waals surface area contributed by atoms with Gasteiger partial charge in [-0.1, -0.05) is 61.4 Å². The fraction of sp³-hybridized carbons (Fsp3) is 0.273. The monoisotopic (exact) mass is 883 g/mol. The summed E-state index contributed by atoms with van der Waals surface area (Å²) in [5.74, 6) is -1.10. The number of nitrogens with one attached hydrogen (secondary N) is 2. The lowest BCUT2D eigenvalue weighted by Crippen LogP contribution is -2.40. The second-order valence-electron chi connectivity index (χ2n) is 15.2. The van der Waals surface area contributed by atoms with Crippen molar-refractivity contribution in [3.63, 3.8) is 0 Å². The van der Waals surface area contributed by atoms with Gasteiger partial charge in [0, 0.05) is 40.9 Å². The van der Waals surface area contributed by atoms with E-state index in [0.29, 0.717) is 54.4 Å². The summed E-state index contributed by atoms with van der Waals surface area (Å²) in [7, 11) is -7.96. The number of aliphatic hydroxyl groups excluding tert-OH is 1. The smallest absolute Gasteiger partial charge is 0.241 e. The van der Waals surface area contributed by atoms with Crippen LogP contribution >= 0.6 is 0 Å². The lowest BCUT2D eigenvalue weighted by Gasteiger charge is -2.27. The summed E-state index contributed by atoms with van der Waals surface area (Å²) in [6.07, 6.45) is 7.04. The first-order valence-electron chi connectivity index (χ1n) is 20.1. The Labute approximate surface area is 359 Å². The van der Waals surface area contributed by atoms with Crippen LogP contribution in [0.1, 0.15) is 63.2 Å². The Balaban J connectivity index is 0.975. The van der Waals surface area contributed by atoms with Crippen LogP contribution in [0, 0.1) is 11.6 Å². The molecule has 62 heavy (non-hydrogen) atoms. The number of aromatic nitrogens is 4. The minimum atomic E-state index is -4.01. The lowest BCUT2D eigenvalue weighted by atomic mass is 9.93. The van der Waals surface area contributed by atoms with Crippen LogP contribution in [-0.4, -0.2) is 60.5 Å². The largest absolute Gasteiger partial charge is 0.387 e. The quantitative estimate of drug-likeness (QED) is 0.0571. The van der Waals surface area contributed by atoms with Crippen LogP contribution < -0.4 is 26.6 Å². The van der Waals surface area contributed by atoms with Crippen LogP contribution in [0.3, 0.4) is 0 Å². The third-order valence-corrected chi connectivity index (χ3v) is 13.9. The first-order valence-corrected chi connectivity index (χ1v) is 23.1. The van der Waals surface area contributed by atoms with E-state index in [4.69, 9.17) is 17.2 Å². The Kier molecular flexibility index (Phi) is 13.6. The normalized spacial score (nSPS) is 16.3. The molecule has 9 N–H and O–H groups in total. The molecule has 4 aromatic carbocycles. The molecule has 7 rings (SSSR count). The zero-order valence-electron chi connectivity index (χ0n) is 33.6. The maximum absolute atomic E-state index is 16.0. The zero-order chi connectivity index (χ0) is 44.0. The summed E-state index contributed by atoms with van der Waals surface area (Å²) in [5.41, 5.74) is 19.5. The van der Waals surface area contributed by atoms with Crippen LogP contribution in [-0.2, 0) is 20.0 Å². The van der Waals surface area contributed by atoms with Crippen molar-refractivity contribution in [2.24, 2.45) is 5.73 Å². The average molecular weight is 884 g/mol. The average Bonchev–Trinajstić information content (AvgIpc) is 3.26. The fourth-order valence-corrected chi connectivity index (χ4v) is 10.4. The molecule has 14 nitrogen and oxygen atoms in total. The van der Waals surface area contributed by atoms with Gasteiger partial charge in [-0.15, -0.1) is 0 Å². The molecule has 1 unspecified atom stereocenters. The van der Waals surface area contributed by atoms with E-state index >= 15 is 8.78 Å². The first kappa shape index (κ1) is 44.3. The van der Waals surface area contributed by atoms with Gasteiger partial charge in [-0.2, -0.15) is 0 Å². The first-order chi connectivity index (χ1) is 29.7. The Morgan fingerprint density at radius 3 is 1.89 bits per heavy atom. The maximum Gasteiger partial charge on any atom is 0.241 e. The summed E-state index contributed by atoms with van der Waals surface area (Å²) in [6.45, 7) is 0.0898. The van der Waals surface area contributed by atoms with Gasteiger partial charge in [-0.05, 0) is 86.1 Å². The van der Waals surface area contributed by atoms with Crippen LogP contribution in [0.15, 0.2) is 113 Å². The molecule has 2 heterocycles. The molecule has 0 saturated heterocycles. The van der Waals surface area contributed by atoms with E-state index in [-0.39, 0.29) is 74.7 Å². The SMILES string of the molecule is Nc1cnc(-c2ccc(-c3ccccc3S(=O)(=O)NCCCCCC(O)c3nc(N)cnc3-c3ccc(-c4ccccc4S(=O)(=O)N[C@H]4CC[C@@H](N)CC4)cc3F)cc2F)cn1. The van der Waals surface area contributed by atoms with Crippen LogP contribution in [0.25, 0.3) is 44.8 Å². The van der Waals surface area contributed by atoms with Crippen LogP contribution in [0.5, 0.6) is 0 Å². The molecule has 0 spiro atoms. The summed E-state index contributed by atoms with van der Waals surface area (Å²) in [4.78, 5) is 16.7. The van der Waals surface area contributed by atoms with Gasteiger partial charge < -0.3 is 22.3 Å². The molecule has 324 valence electrons. The summed E-state index contributed by atoms with van der Waals surface area (Å²) in [6, 6.07) is 21.1. The van der Waals surface area contributed by atoms with Crippen molar-refractivity contribution in [3.8, 4) is 44.8 Å². The Bertz CT molecular complexity index is 2770. The molecule has 0 amide bonds. The number of hydrogen-bond acceptors (Lipinski definition) is 12. The molecule has 0 bridgehead atoms. The number of rotatable bonds is 16. The van der Waals surface area contributed by atoms with E-state index in [0.717, 1.165) is 12.8 Å². The number of aliphatic hydroxyl groups is 1. The molecule has 18 heteroatoms. The maximum atomic E-state index is 16.0. The number of halogens is 2. The van der Waals surface area contributed by atoms with E-state index in [1.54, 1.807) is 48.5 Å². The number of anilines is 2. The molecular formula is C44H47F2N9O5S2. The second-order valence-corrected chi connectivity index (χ2v) is 18.7. The number of nitrogens with two attached hydrogens (primary N) is 3. The van der Waals surface area contributed by atoms with Crippen molar-refractivity contribution < 1.29 is 30.7 Å². The number of nitrogen functional groups attached to an aromatic ring is 2. The lowest BCUT2D eigenvalue weighted by molar-refractivity contribution is 0.159. The zero-order valence-corrected chi connectivity index (χ0v) is 35.2. The summed E-state index contributed by atoms with van der Waals surface area (Å²) >= 11 is 0. The fourth-order valence-electron chi connectivity index (χ4n) is 7.56. The van der Waals surface area contributed by atoms with E-state index in [9.17, 15) is 21.9 Å². The minimum Gasteiger partial charge on any atom is -0.387 e. The van der Waals surface area contributed by atoms with Crippen molar-refractivity contribution in [2.45, 2.75) is 79.3 Å². The third-order valence-electron chi connectivity index (χ3n) is 10.8. The molecule has 1 aliphatic rings. The molecule has 1 aliphatic carbocycles. The van der Waals surface area contributed by atoms with Gasteiger partial charge in [0.05, 0.1) is 51.6 Å². The molecule has 1 saturated carbocycles. The Morgan fingerprint density at radius 2 is 1.27 bits per heavy atom. The van der Waals surface area contributed by atoms with Gasteiger partial charge in [0.15, 0.2) is 0 Å². The number of nitrogens with zero attached hydrogens (tertiary/aromatic N) is 4. The van der Waals surface area contributed by atoms with Gasteiger partial charge in [-0.3, -0.25) is 9.97 Å². The highest BCUT2D eigenvalue weighted by molar-refractivity contribution is 7.90. The molecule has 6 aromatic rings. The molecule has 1 atom stereocenters. The van der Waals surface area contributed by atoms with Crippen molar-refractivity contribution in [1.82, 2.24) is 29.4 Å². The molecular weight excluding hydrogens is 837 g/mol. The van der Waals surface area contributed by atoms with Gasteiger partial charge in [0.25, 0.3) is 0 Å². The van der Waals surface area contributed by atoms with Crippen molar-refractivity contribution in [2.75, 3.05) is 18.0 Å². The van der Waals surface area contributed by atoms with E-state index < -0.39 is 37.8 Å². The number of hydrogen-bond donors (Lipinski definition) is 6. The highest BCUT2D eigenvalue weighted by atomic mass is 32.2. The molecule has 0 radical (unpaired) electrons. The van der Waals surface area contributed by atoms with Gasteiger partial charge in [0.1, 0.15) is 23.3 Å². The van der Waals surface area contributed by atoms with E-state index in [1.807, 2.05) is 0 Å². The topological polar surface area (TPSA) is 242 Å². The predicted molar refractivity (Wildman–Crippen MR) is 234 cm³/mol. The number of benzene rings is 4. The highest BCUT2D eigenvalue weighted by Crippen LogP contribution is 2.35. The van der Waals surface area contributed by atoms with Crippen molar-refractivity contribution >= 4 is 31.7 Å². The van der Waals surface area contributed by atoms with Crippen molar-refractivity contribution in [3.05, 3.63) is 121 Å². The third kappa shape index (κ3) is 10.3. The standard InChI is InChI=1S/C44H47F2N9O5S2/c45-35-22-27(13-19-33(35)37-24-51-41(48)25-50-37)31-8-3-5-11-39(31)61(57,58)53-21-7-1-2-10-38(56)44-43(52-26-42(49)54-44)34-20-14-28(23-36(34)46)32-9-4-6-12-40(32)62(59,60)55-30-17-15-29(47)16-18-30/h3-6,8-9,11-14,19-20,22-26,29-30,38,53,55-56H,1-2,7,10,15-18,21,47H2,(H2,48,51)(H2,49,54)/t29-,30+,38?. The number of sulfonamides is 2. The van der Waals surface area contributed by atoms with Crippen molar-refractivity contribution in [1.29, 1.82) is 0 Å². The molecule has 0 aliphatic heterocycles. The molecule has 2 aromatic heterocycles. The highest BCUT2D eigenvalue weighted by Gasteiger charge is 2.27. The van der Waals surface area contributed by atoms with E-state index in [1.165, 1.54) is 55.0 Å². The summed E-state index contributed by atoms with van der Waals surface area (Å²) < 4.78 is 90.6. The molecule has 1 fully saturated rings. The van der Waals surface area contributed by atoms with E-state index in [2.05, 4.69) is 29.4 Å². The number of unbranched alkanes of at least 4 members (excludes halogenated alkanes) is 2. The van der Waals surface area contributed by atoms with Gasteiger partial charge in [0.2, 0.25) is 20.0 Å². The Morgan fingerprint density at radius 1 is 0.677 bits per heavy atom. The van der Waals surface area contributed by atoms with Crippen LogP contribution in [0.4, 0.5) is 20.4 Å². The van der Waals surface area contributed by atoms with Crippen LogP contribution in [0.2, 0.25) is 0 Å². The summed E-state index contributed by atoms with van der Waals surface area (Å²) in [5, 5.41) is 11.3. The van der Waals surface area contributed by atoms with Gasteiger partial charge in [-0.25, -0.2) is 45.0 Å². The van der Waals surface area contributed by atoms with Gasteiger partial charge >= 0.3 is 0 Å². The minimum absolute atomic E-state index is 0.0187.